The van der Waals surface area contributed by atoms with Crippen molar-refractivity contribution in [1.29, 1.82) is 0 Å². The zero-order valence-electron chi connectivity index (χ0n) is 8.70. The van der Waals surface area contributed by atoms with E-state index < -0.39 is 0 Å². The van der Waals surface area contributed by atoms with Crippen molar-refractivity contribution in [3.63, 3.8) is 0 Å². The molecule has 0 aliphatic heterocycles. The monoisotopic (exact) mass is 196 g/mol. The van der Waals surface area contributed by atoms with Crippen LogP contribution in [0.5, 0.6) is 11.5 Å². The van der Waals surface area contributed by atoms with E-state index in [1.165, 1.54) is 0 Å². The van der Waals surface area contributed by atoms with Gasteiger partial charge in [0.1, 0.15) is 11.5 Å². The summed E-state index contributed by atoms with van der Waals surface area (Å²) in [4.78, 5) is 0. The highest BCUT2D eigenvalue weighted by molar-refractivity contribution is 5.39. The van der Waals surface area contributed by atoms with Gasteiger partial charge in [-0.2, -0.15) is 0 Å². The first kappa shape index (κ1) is 10.8. The maximum Gasteiger partial charge on any atom is 0.122 e. The third-order valence-corrected chi connectivity index (χ3v) is 2.12. The summed E-state index contributed by atoms with van der Waals surface area (Å²) in [5, 5.41) is 0. The summed E-state index contributed by atoms with van der Waals surface area (Å²) in [6.45, 7) is 1.97. The van der Waals surface area contributed by atoms with Crippen LogP contribution in [0.4, 0.5) is 0 Å². The lowest BCUT2D eigenvalue weighted by Crippen LogP contribution is -2.25. The molecule has 0 spiro atoms. The molecule has 0 aliphatic rings. The number of nitrogens with two attached hydrogens (primary N) is 1. The average Bonchev–Trinajstić information content (AvgIpc) is 2.27. The van der Waals surface area contributed by atoms with E-state index in [9.17, 15) is 0 Å². The molecular formula is C10H16N2O2. The fourth-order valence-electron chi connectivity index (χ4n) is 1.18. The van der Waals surface area contributed by atoms with Gasteiger partial charge in [-0.05, 0) is 24.6 Å². The largest absolute Gasteiger partial charge is 0.497 e. The molecule has 0 fully saturated rings. The van der Waals surface area contributed by atoms with Gasteiger partial charge in [0.05, 0.1) is 14.2 Å². The maximum absolute atomic E-state index is 5.36. The Morgan fingerprint density at radius 3 is 2.00 bits per heavy atom. The van der Waals surface area contributed by atoms with Gasteiger partial charge in [0.25, 0.3) is 0 Å². The van der Waals surface area contributed by atoms with Crippen LogP contribution in [0.15, 0.2) is 18.2 Å². The Hall–Kier alpha value is -1.26. The number of nitrogens with one attached hydrogen (secondary N) is 1. The summed E-state index contributed by atoms with van der Waals surface area (Å²) in [6, 6.07) is 5.74. The molecule has 4 nitrogen and oxygen atoms in total. The van der Waals surface area contributed by atoms with Crippen molar-refractivity contribution in [3.05, 3.63) is 23.8 Å². The molecule has 0 radical (unpaired) electrons. The molecule has 0 amide bonds. The fraction of sp³-hybridized carbons (Fsp3) is 0.400. The van der Waals surface area contributed by atoms with Gasteiger partial charge < -0.3 is 9.47 Å². The molecule has 1 aromatic carbocycles. The number of hydrogen-bond acceptors (Lipinski definition) is 4. The zero-order valence-corrected chi connectivity index (χ0v) is 8.70. The highest BCUT2D eigenvalue weighted by Gasteiger charge is 2.06. The van der Waals surface area contributed by atoms with Crippen molar-refractivity contribution in [2.75, 3.05) is 14.2 Å². The lowest BCUT2D eigenvalue weighted by molar-refractivity contribution is 0.392. The van der Waals surface area contributed by atoms with E-state index in [0.717, 1.165) is 17.1 Å². The number of rotatable bonds is 4. The van der Waals surface area contributed by atoms with E-state index in [-0.39, 0.29) is 6.04 Å². The van der Waals surface area contributed by atoms with Crippen LogP contribution in [0.2, 0.25) is 0 Å². The molecule has 1 rings (SSSR count). The van der Waals surface area contributed by atoms with Crippen LogP contribution in [0, 0.1) is 0 Å². The SMILES string of the molecule is COc1cc(OC)cc([C@H](C)NN)c1. The first-order valence-corrected chi connectivity index (χ1v) is 4.40. The molecule has 0 heterocycles. The Morgan fingerprint density at radius 1 is 1.14 bits per heavy atom. The third kappa shape index (κ3) is 2.37. The average molecular weight is 196 g/mol. The lowest BCUT2D eigenvalue weighted by atomic mass is 10.1. The number of hydrazine groups is 1. The molecule has 3 N–H and O–H groups in total. The molecule has 0 saturated carbocycles. The number of hydrogen-bond donors (Lipinski definition) is 2. The number of benzene rings is 1. The van der Waals surface area contributed by atoms with Crippen LogP contribution in [-0.2, 0) is 0 Å². The minimum Gasteiger partial charge on any atom is -0.497 e. The van der Waals surface area contributed by atoms with Crippen molar-refractivity contribution in [2.45, 2.75) is 13.0 Å². The molecule has 1 aromatic rings. The summed E-state index contributed by atoms with van der Waals surface area (Å²) in [5.74, 6) is 6.89. The summed E-state index contributed by atoms with van der Waals surface area (Å²) in [6.07, 6.45) is 0. The first-order chi connectivity index (χ1) is 6.71. The number of ether oxygens (including phenoxy) is 2. The summed E-state index contributed by atoms with van der Waals surface area (Å²) in [7, 11) is 3.25. The Balaban J connectivity index is 3.04. The van der Waals surface area contributed by atoms with Crippen LogP contribution in [0.3, 0.4) is 0 Å². The second kappa shape index (κ2) is 4.83. The van der Waals surface area contributed by atoms with Crippen molar-refractivity contribution >= 4 is 0 Å². The van der Waals surface area contributed by atoms with E-state index in [2.05, 4.69) is 5.43 Å². The molecule has 78 valence electrons. The van der Waals surface area contributed by atoms with E-state index in [1.54, 1.807) is 14.2 Å². The van der Waals surface area contributed by atoms with Gasteiger partial charge in [-0.15, -0.1) is 0 Å². The van der Waals surface area contributed by atoms with Crippen LogP contribution in [-0.4, -0.2) is 14.2 Å². The quantitative estimate of drug-likeness (QED) is 0.561. The molecule has 0 unspecified atom stereocenters. The second-order valence-electron chi connectivity index (χ2n) is 3.03. The van der Waals surface area contributed by atoms with E-state index in [0.29, 0.717) is 0 Å². The van der Waals surface area contributed by atoms with Gasteiger partial charge in [0.15, 0.2) is 0 Å². The molecule has 0 aliphatic carbocycles. The molecule has 0 bridgehead atoms. The van der Waals surface area contributed by atoms with Gasteiger partial charge in [-0.25, -0.2) is 0 Å². The first-order valence-electron chi connectivity index (χ1n) is 4.40. The van der Waals surface area contributed by atoms with Crippen LogP contribution >= 0.6 is 0 Å². The Labute approximate surface area is 84.0 Å². The Kier molecular flexibility index (Phi) is 3.73. The third-order valence-electron chi connectivity index (χ3n) is 2.12. The molecule has 0 saturated heterocycles. The highest BCUT2D eigenvalue weighted by Crippen LogP contribution is 2.25. The topological polar surface area (TPSA) is 56.5 Å². The van der Waals surface area contributed by atoms with Crippen LogP contribution in [0.25, 0.3) is 0 Å². The van der Waals surface area contributed by atoms with Gasteiger partial charge >= 0.3 is 0 Å². The van der Waals surface area contributed by atoms with Crippen LogP contribution in [0.1, 0.15) is 18.5 Å². The summed E-state index contributed by atoms with van der Waals surface area (Å²) >= 11 is 0. The fourth-order valence-corrected chi connectivity index (χ4v) is 1.18. The molecular weight excluding hydrogens is 180 g/mol. The second-order valence-corrected chi connectivity index (χ2v) is 3.03. The van der Waals surface area contributed by atoms with Crippen molar-refractivity contribution in [1.82, 2.24) is 5.43 Å². The Bertz CT molecular complexity index is 280. The van der Waals surface area contributed by atoms with Gasteiger partial charge in [-0.3, -0.25) is 11.3 Å². The van der Waals surface area contributed by atoms with Crippen LogP contribution < -0.4 is 20.7 Å². The summed E-state index contributed by atoms with van der Waals surface area (Å²) < 4.78 is 10.3. The molecule has 14 heavy (non-hydrogen) atoms. The van der Waals surface area contributed by atoms with Gasteiger partial charge in [0.2, 0.25) is 0 Å². The molecule has 1 atom stereocenters. The molecule has 4 heteroatoms. The number of methoxy groups -OCH3 is 2. The minimum atomic E-state index is 0.0685. The van der Waals surface area contributed by atoms with E-state index in [4.69, 9.17) is 15.3 Å². The Morgan fingerprint density at radius 2 is 1.64 bits per heavy atom. The van der Waals surface area contributed by atoms with Crippen molar-refractivity contribution in [2.24, 2.45) is 5.84 Å². The van der Waals surface area contributed by atoms with E-state index >= 15 is 0 Å². The zero-order chi connectivity index (χ0) is 10.6. The minimum absolute atomic E-state index is 0.0685. The van der Waals surface area contributed by atoms with Crippen molar-refractivity contribution in [3.8, 4) is 11.5 Å². The predicted molar refractivity (Wildman–Crippen MR) is 55.3 cm³/mol. The molecule has 0 aromatic heterocycles. The normalized spacial score (nSPS) is 12.3. The summed E-state index contributed by atoms with van der Waals surface area (Å²) in [5.41, 5.74) is 3.70. The predicted octanol–water partition coefficient (Wildman–Crippen LogP) is 1.23. The lowest BCUT2D eigenvalue weighted by Gasteiger charge is -2.13. The van der Waals surface area contributed by atoms with Gasteiger partial charge in [0, 0.05) is 12.1 Å². The van der Waals surface area contributed by atoms with E-state index in [1.807, 2.05) is 25.1 Å². The van der Waals surface area contributed by atoms with Crippen molar-refractivity contribution < 1.29 is 9.47 Å². The van der Waals surface area contributed by atoms with Gasteiger partial charge in [-0.1, -0.05) is 0 Å². The maximum atomic E-state index is 5.36. The smallest absolute Gasteiger partial charge is 0.122 e. The standard InChI is InChI=1S/C10H16N2O2/c1-7(12-11)8-4-9(13-2)6-10(5-8)14-3/h4-7,12H,11H2,1-3H3/t7-/m0/s1. The highest BCUT2D eigenvalue weighted by atomic mass is 16.5.